The molecule has 1 N–H and O–H groups in total. The van der Waals surface area contributed by atoms with Crippen LogP contribution in [0.25, 0.3) is 0 Å². The fourth-order valence-electron chi connectivity index (χ4n) is 2.64. The van der Waals surface area contributed by atoms with Gasteiger partial charge in [0.2, 0.25) is 5.91 Å². The number of nitrogens with one attached hydrogen (secondary N) is 1. The van der Waals surface area contributed by atoms with Gasteiger partial charge in [-0.25, -0.2) is 0 Å². The van der Waals surface area contributed by atoms with Crippen LogP contribution in [0, 0.1) is 11.3 Å². The summed E-state index contributed by atoms with van der Waals surface area (Å²) in [6.45, 7) is 2.00. The lowest BCUT2D eigenvalue weighted by Gasteiger charge is -2.26. The van der Waals surface area contributed by atoms with Crippen molar-refractivity contribution in [2.45, 2.75) is 19.3 Å². The lowest BCUT2D eigenvalue weighted by Crippen LogP contribution is -2.31. The van der Waals surface area contributed by atoms with Crippen molar-refractivity contribution in [1.82, 2.24) is 5.32 Å². The van der Waals surface area contributed by atoms with Gasteiger partial charge in [0, 0.05) is 17.9 Å². The number of esters is 1. The normalized spacial score (nSPS) is 16.5. The van der Waals surface area contributed by atoms with Crippen molar-refractivity contribution in [2.75, 3.05) is 26.6 Å². The summed E-state index contributed by atoms with van der Waals surface area (Å²) in [5.41, 5.74) is 1.07. The Morgan fingerprint density at radius 3 is 2.77 bits per heavy atom. The summed E-state index contributed by atoms with van der Waals surface area (Å²) in [4.78, 5) is 23.8. The first-order valence-corrected chi connectivity index (χ1v) is 8.97. The Labute approximate surface area is 156 Å². The molecule has 1 amide bonds. The largest absolute Gasteiger partial charge is 0.497 e. The molecule has 0 saturated heterocycles. The van der Waals surface area contributed by atoms with E-state index in [2.05, 4.69) is 11.4 Å². The molecule has 0 radical (unpaired) electrons. The van der Waals surface area contributed by atoms with E-state index in [4.69, 9.17) is 14.2 Å². The second-order valence-corrected chi connectivity index (χ2v) is 6.35. The summed E-state index contributed by atoms with van der Waals surface area (Å²) in [5.74, 6) is 0.0560. The number of hydrogen-bond donors (Lipinski definition) is 1. The van der Waals surface area contributed by atoms with Gasteiger partial charge in [-0.05, 0) is 25.1 Å². The zero-order chi connectivity index (χ0) is 19.1. The van der Waals surface area contributed by atoms with Crippen LogP contribution in [-0.2, 0) is 14.3 Å². The molecule has 0 bridgehead atoms. The van der Waals surface area contributed by atoms with Crippen LogP contribution in [-0.4, -0.2) is 38.5 Å². The molecule has 8 heteroatoms. The van der Waals surface area contributed by atoms with E-state index in [1.54, 1.807) is 32.2 Å². The van der Waals surface area contributed by atoms with Gasteiger partial charge in [0.1, 0.15) is 11.5 Å². The number of hydrogen-bond acceptors (Lipinski definition) is 7. The molecule has 1 aliphatic heterocycles. The van der Waals surface area contributed by atoms with E-state index in [-0.39, 0.29) is 24.7 Å². The quantitative estimate of drug-likeness (QED) is 0.729. The lowest BCUT2D eigenvalue weighted by molar-refractivity contribution is -0.139. The van der Waals surface area contributed by atoms with Gasteiger partial charge in [0.05, 0.1) is 43.3 Å². The molecule has 0 unspecified atom stereocenters. The molecule has 138 valence electrons. The Morgan fingerprint density at radius 2 is 2.15 bits per heavy atom. The van der Waals surface area contributed by atoms with Crippen LogP contribution in [0.15, 0.2) is 28.8 Å². The highest BCUT2D eigenvalue weighted by Crippen LogP contribution is 2.41. The van der Waals surface area contributed by atoms with Crippen LogP contribution in [0.5, 0.6) is 11.5 Å². The number of methoxy groups -OCH3 is 2. The number of carbonyl (C=O) groups excluding carboxylic acids is 2. The molecule has 26 heavy (non-hydrogen) atoms. The third-order valence-electron chi connectivity index (χ3n) is 3.81. The zero-order valence-corrected chi connectivity index (χ0v) is 15.6. The molecule has 0 fully saturated rings. The molecular formula is C18H20N2O5S. The number of nitrogens with zero attached hydrogens (tertiary/aromatic N) is 1. The predicted molar refractivity (Wildman–Crippen MR) is 96.8 cm³/mol. The molecule has 0 aliphatic carbocycles. The number of nitriles is 1. The van der Waals surface area contributed by atoms with Crippen molar-refractivity contribution in [1.29, 1.82) is 5.26 Å². The highest BCUT2D eigenvalue weighted by Gasteiger charge is 2.32. The van der Waals surface area contributed by atoms with Gasteiger partial charge >= 0.3 is 5.97 Å². The number of rotatable bonds is 7. The first-order chi connectivity index (χ1) is 12.5. The Hall–Kier alpha value is -2.66. The molecule has 0 aromatic heterocycles. The van der Waals surface area contributed by atoms with E-state index >= 15 is 0 Å². The molecule has 1 aromatic rings. The van der Waals surface area contributed by atoms with Crippen molar-refractivity contribution < 1.29 is 23.8 Å². The van der Waals surface area contributed by atoms with Gasteiger partial charge in [0.25, 0.3) is 0 Å². The smallest absolute Gasteiger partial charge is 0.316 e. The highest BCUT2D eigenvalue weighted by atomic mass is 32.2. The second kappa shape index (κ2) is 9.15. The maximum Gasteiger partial charge on any atom is 0.316 e. The number of amides is 1. The van der Waals surface area contributed by atoms with Crippen molar-refractivity contribution in [3.05, 3.63) is 34.4 Å². The molecule has 1 aromatic carbocycles. The summed E-state index contributed by atoms with van der Waals surface area (Å²) in [6.07, 6.45) is 0.107. The summed E-state index contributed by atoms with van der Waals surface area (Å²) in [5, 5.41) is 12.7. The fourth-order valence-corrected chi connectivity index (χ4v) is 3.52. The summed E-state index contributed by atoms with van der Waals surface area (Å²) in [6, 6.07) is 7.40. The Kier molecular flexibility index (Phi) is 6.92. The van der Waals surface area contributed by atoms with Crippen molar-refractivity contribution in [3.63, 3.8) is 0 Å². The minimum atomic E-state index is -0.483. The molecule has 1 heterocycles. The summed E-state index contributed by atoms with van der Waals surface area (Å²) in [7, 11) is 3.07. The predicted octanol–water partition coefficient (Wildman–Crippen LogP) is 2.34. The number of carbonyl (C=O) groups is 2. The average molecular weight is 376 g/mol. The molecular weight excluding hydrogens is 356 g/mol. The maximum atomic E-state index is 12.2. The maximum absolute atomic E-state index is 12.2. The van der Waals surface area contributed by atoms with Gasteiger partial charge in [-0.3, -0.25) is 9.59 Å². The van der Waals surface area contributed by atoms with Gasteiger partial charge in [0.15, 0.2) is 0 Å². The Bertz CT molecular complexity index is 769. The SMILES string of the molecule is CCOC(=O)CSC1=C(C#N)[C@H](c2cc(OC)ccc2OC)CC(=O)N1. The minimum absolute atomic E-state index is 0.0105. The molecule has 0 spiro atoms. The van der Waals surface area contributed by atoms with Crippen LogP contribution in [0.4, 0.5) is 0 Å². The number of thioether (sulfide) groups is 1. The third kappa shape index (κ3) is 4.49. The van der Waals surface area contributed by atoms with Crippen LogP contribution in [0.3, 0.4) is 0 Å². The molecule has 1 aliphatic rings. The minimum Gasteiger partial charge on any atom is -0.497 e. The highest BCUT2D eigenvalue weighted by molar-refractivity contribution is 8.03. The van der Waals surface area contributed by atoms with E-state index in [1.807, 2.05) is 0 Å². The van der Waals surface area contributed by atoms with Gasteiger partial charge < -0.3 is 19.5 Å². The Morgan fingerprint density at radius 1 is 1.38 bits per heavy atom. The zero-order valence-electron chi connectivity index (χ0n) is 14.8. The monoisotopic (exact) mass is 376 g/mol. The summed E-state index contributed by atoms with van der Waals surface area (Å²) >= 11 is 1.08. The molecule has 7 nitrogen and oxygen atoms in total. The lowest BCUT2D eigenvalue weighted by atomic mass is 9.86. The van der Waals surface area contributed by atoms with Crippen LogP contribution < -0.4 is 14.8 Å². The van der Waals surface area contributed by atoms with E-state index in [0.717, 1.165) is 11.8 Å². The molecule has 2 rings (SSSR count). The van der Waals surface area contributed by atoms with Crippen LogP contribution in [0.1, 0.15) is 24.8 Å². The van der Waals surface area contributed by atoms with E-state index in [0.29, 0.717) is 27.7 Å². The first-order valence-electron chi connectivity index (χ1n) is 7.98. The standard InChI is InChI=1S/C18H20N2O5S/c1-4-25-17(22)10-26-18-14(9-19)12(8-16(21)20-18)13-7-11(23-2)5-6-15(13)24-3/h5-7,12H,4,8,10H2,1-3H3,(H,20,21)/t12-/m0/s1. The topological polar surface area (TPSA) is 97.7 Å². The Balaban J connectivity index is 2.41. The fraction of sp³-hybridized carbons (Fsp3) is 0.389. The van der Waals surface area contributed by atoms with Crippen LogP contribution >= 0.6 is 11.8 Å². The van der Waals surface area contributed by atoms with E-state index in [1.165, 1.54) is 7.11 Å². The average Bonchev–Trinajstić information content (AvgIpc) is 2.65. The third-order valence-corrected chi connectivity index (χ3v) is 4.80. The van der Waals surface area contributed by atoms with Crippen molar-refractivity contribution >= 4 is 23.6 Å². The summed E-state index contributed by atoms with van der Waals surface area (Å²) < 4.78 is 15.5. The number of benzene rings is 1. The van der Waals surface area contributed by atoms with E-state index < -0.39 is 11.9 Å². The number of allylic oxidation sites excluding steroid dienone is 1. The van der Waals surface area contributed by atoms with Crippen molar-refractivity contribution in [3.8, 4) is 17.6 Å². The van der Waals surface area contributed by atoms with Crippen LogP contribution in [0.2, 0.25) is 0 Å². The molecule has 0 saturated carbocycles. The van der Waals surface area contributed by atoms with Crippen molar-refractivity contribution in [2.24, 2.45) is 0 Å². The van der Waals surface area contributed by atoms with Gasteiger partial charge in [-0.1, -0.05) is 11.8 Å². The van der Waals surface area contributed by atoms with Gasteiger partial charge in [-0.15, -0.1) is 0 Å². The van der Waals surface area contributed by atoms with Gasteiger partial charge in [-0.2, -0.15) is 5.26 Å². The second-order valence-electron chi connectivity index (χ2n) is 5.36. The first kappa shape index (κ1) is 19.7. The molecule has 1 atom stereocenters. The number of ether oxygens (including phenoxy) is 3. The van der Waals surface area contributed by atoms with E-state index in [9.17, 15) is 14.9 Å².